The van der Waals surface area contributed by atoms with Gasteiger partial charge in [-0.25, -0.2) is 0 Å². The van der Waals surface area contributed by atoms with Crippen LogP contribution >= 0.6 is 0 Å². The van der Waals surface area contributed by atoms with Crippen LogP contribution in [0.5, 0.6) is 5.75 Å². The van der Waals surface area contributed by atoms with Crippen molar-refractivity contribution in [2.45, 2.75) is 40.7 Å². The van der Waals surface area contributed by atoms with Gasteiger partial charge in [0, 0.05) is 5.92 Å². The minimum absolute atomic E-state index is 0.0287. The molecule has 1 aliphatic rings. The van der Waals surface area contributed by atoms with Gasteiger partial charge in [-0.15, -0.1) is 0 Å². The first kappa shape index (κ1) is 15.0. The first-order chi connectivity index (χ1) is 9.04. The number of aromatic hydroxyl groups is 1. The van der Waals surface area contributed by atoms with E-state index in [4.69, 9.17) is 16.2 Å². The SMILES string of the molecule is CC(C)(C)C1[C@H](c2cc(N)c(N)c(O)c2)OCC1(C)C. The van der Waals surface area contributed by atoms with Crippen LogP contribution < -0.4 is 11.5 Å². The highest BCUT2D eigenvalue weighted by Gasteiger charge is 2.49. The lowest BCUT2D eigenvalue weighted by Crippen LogP contribution is -2.34. The summed E-state index contributed by atoms with van der Waals surface area (Å²) in [6, 6.07) is 3.50. The Morgan fingerprint density at radius 1 is 1.25 bits per heavy atom. The highest BCUT2D eigenvalue weighted by molar-refractivity contribution is 5.71. The molecule has 1 fully saturated rings. The van der Waals surface area contributed by atoms with E-state index in [1.54, 1.807) is 6.07 Å². The topological polar surface area (TPSA) is 81.5 Å². The summed E-state index contributed by atoms with van der Waals surface area (Å²) in [6.07, 6.45) is -0.0706. The second-order valence-electron chi connectivity index (χ2n) is 7.61. The van der Waals surface area contributed by atoms with Gasteiger partial charge in [-0.3, -0.25) is 0 Å². The molecule has 2 rings (SSSR count). The van der Waals surface area contributed by atoms with E-state index in [1.165, 1.54) is 0 Å². The Hall–Kier alpha value is -1.42. The molecule has 112 valence electrons. The van der Waals surface area contributed by atoms with Crippen LogP contribution in [0, 0.1) is 16.7 Å². The van der Waals surface area contributed by atoms with Crippen molar-refractivity contribution in [3.8, 4) is 5.75 Å². The Kier molecular flexibility index (Phi) is 3.41. The Bertz CT molecular complexity index is 495. The molecule has 1 unspecified atom stereocenters. The molecule has 0 spiro atoms. The van der Waals surface area contributed by atoms with E-state index in [0.717, 1.165) is 5.56 Å². The van der Waals surface area contributed by atoms with Gasteiger partial charge >= 0.3 is 0 Å². The van der Waals surface area contributed by atoms with Gasteiger partial charge in [0.15, 0.2) is 0 Å². The van der Waals surface area contributed by atoms with Crippen LogP contribution in [-0.4, -0.2) is 11.7 Å². The summed E-state index contributed by atoms with van der Waals surface area (Å²) in [7, 11) is 0. The minimum atomic E-state index is -0.0706. The molecule has 2 atom stereocenters. The van der Waals surface area contributed by atoms with Crippen LogP contribution in [0.4, 0.5) is 11.4 Å². The van der Waals surface area contributed by atoms with E-state index >= 15 is 0 Å². The Morgan fingerprint density at radius 2 is 1.85 bits per heavy atom. The lowest BCUT2D eigenvalue weighted by Gasteiger charge is -2.39. The number of nitrogens with two attached hydrogens (primary N) is 2. The predicted molar refractivity (Wildman–Crippen MR) is 82.4 cm³/mol. The molecular weight excluding hydrogens is 252 g/mol. The second kappa shape index (κ2) is 4.55. The van der Waals surface area contributed by atoms with Gasteiger partial charge < -0.3 is 21.3 Å². The van der Waals surface area contributed by atoms with E-state index in [1.807, 2.05) is 6.07 Å². The van der Waals surface area contributed by atoms with Gasteiger partial charge in [0.05, 0.1) is 24.1 Å². The summed E-state index contributed by atoms with van der Waals surface area (Å²) in [5.74, 6) is 0.360. The lowest BCUT2D eigenvalue weighted by molar-refractivity contribution is 0.0531. The number of anilines is 2. The molecule has 1 aliphatic heterocycles. The molecule has 0 radical (unpaired) electrons. The molecule has 20 heavy (non-hydrogen) atoms. The van der Waals surface area contributed by atoms with Crippen molar-refractivity contribution in [3.63, 3.8) is 0 Å². The lowest BCUT2D eigenvalue weighted by atomic mass is 9.64. The highest BCUT2D eigenvalue weighted by atomic mass is 16.5. The van der Waals surface area contributed by atoms with E-state index in [-0.39, 0.29) is 28.4 Å². The highest BCUT2D eigenvalue weighted by Crippen LogP contribution is 2.54. The van der Waals surface area contributed by atoms with E-state index in [0.29, 0.717) is 18.2 Å². The molecular formula is C16H26N2O2. The number of nitrogen functional groups attached to an aromatic ring is 2. The fraction of sp³-hybridized carbons (Fsp3) is 0.625. The van der Waals surface area contributed by atoms with Crippen molar-refractivity contribution >= 4 is 11.4 Å². The van der Waals surface area contributed by atoms with Gasteiger partial charge in [-0.2, -0.15) is 0 Å². The number of hydrogen-bond donors (Lipinski definition) is 3. The smallest absolute Gasteiger partial charge is 0.140 e. The molecule has 4 nitrogen and oxygen atoms in total. The summed E-state index contributed by atoms with van der Waals surface area (Å²) in [4.78, 5) is 0. The van der Waals surface area contributed by atoms with E-state index in [9.17, 15) is 5.11 Å². The fourth-order valence-corrected chi connectivity index (χ4v) is 3.66. The van der Waals surface area contributed by atoms with Crippen molar-refractivity contribution in [2.75, 3.05) is 18.1 Å². The average molecular weight is 278 g/mol. The predicted octanol–water partition coefficient (Wildman–Crippen LogP) is 3.32. The molecule has 0 aliphatic carbocycles. The number of hydrogen-bond acceptors (Lipinski definition) is 4. The first-order valence-corrected chi connectivity index (χ1v) is 7.03. The molecule has 0 bridgehead atoms. The van der Waals surface area contributed by atoms with Crippen molar-refractivity contribution in [3.05, 3.63) is 17.7 Å². The summed E-state index contributed by atoms with van der Waals surface area (Å²) in [5.41, 5.74) is 13.3. The molecule has 1 aromatic carbocycles. The summed E-state index contributed by atoms with van der Waals surface area (Å²) in [5, 5.41) is 9.90. The standard InChI is InChI=1S/C16H26N2O2/c1-15(2,3)14-13(20-8-16(14,4)5)9-6-10(17)12(18)11(19)7-9/h6-7,13-14,19H,8,17-18H2,1-5H3/t13-,14?/m0/s1. The third kappa shape index (κ3) is 2.44. The van der Waals surface area contributed by atoms with Crippen molar-refractivity contribution in [2.24, 2.45) is 16.7 Å². The summed E-state index contributed by atoms with van der Waals surface area (Å²) in [6.45, 7) is 11.8. The molecule has 0 amide bonds. The molecule has 0 saturated carbocycles. The molecule has 1 heterocycles. The zero-order valence-electron chi connectivity index (χ0n) is 13.0. The summed E-state index contributed by atoms with van der Waals surface area (Å²) >= 11 is 0. The Balaban J connectivity index is 2.47. The minimum Gasteiger partial charge on any atom is -0.506 e. The van der Waals surface area contributed by atoms with Crippen molar-refractivity contribution < 1.29 is 9.84 Å². The Morgan fingerprint density at radius 3 is 2.35 bits per heavy atom. The molecule has 1 saturated heterocycles. The average Bonchev–Trinajstić information content (AvgIpc) is 2.60. The second-order valence-corrected chi connectivity index (χ2v) is 7.61. The van der Waals surface area contributed by atoms with Crippen LogP contribution in [0.1, 0.15) is 46.3 Å². The normalized spacial score (nSPS) is 25.9. The van der Waals surface area contributed by atoms with Crippen LogP contribution in [0.3, 0.4) is 0 Å². The summed E-state index contributed by atoms with van der Waals surface area (Å²) < 4.78 is 6.04. The third-order valence-corrected chi connectivity index (χ3v) is 4.25. The van der Waals surface area contributed by atoms with Crippen LogP contribution in [0.15, 0.2) is 12.1 Å². The quantitative estimate of drug-likeness (QED) is 0.543. The molecule has 4 heteroatoms. The number of rotatable bonds is 1. The first-order valence-electron chi connectivity index (χ1n) is 7.03. The largest absolute Gasteiger partial charge is 0.506 e. The fourth-order valence-electron chi connectivity index (χ4n) is 3.66. The van der Waals surface area contributed by atoms with Gasteiger partial charge in [-0.05, 0) is 28.5 Å². The van der Waals surface area contributed by atoms with Crippen LogP contribution in [0.2, 0.25) is 0 Å². The van der Waals surface area contributed by atoms with Gasteiger partial charge in [0.1, 0.15) is 5.75 Å². The zero-order valence-corrected chi connectivity index (χ0v) is 13.0. The molecule has 1 aromatic rings. The third-order valence-electron chi connectivity index (χ3n) is 4.25. The zero-order chi connectivity index (χ0) is 15.3. The maximum absolute atomic E-state index is 9.90. The number of ether oxygens (including phenoxy) is 1. The van der Waals surface area contributed by atoms with Crippen molar-refractivity contribution in [1.29, 1.82) is 0 Å². The maximum atomic E-state index is 9.90. The van der Waals surface area contributed by atoms with Gasteiger partial charge in [0.2, 0.25) is 0 Å². The molecule has 5 N–H and O–H groups in total. The van der Waals surface area contributed by atoms with Gasteiger partial charge in [-0.1, -0.05) is 34.6 Å². The monoisotopic (exact) mass is 278 g/mol. The van der Waals surface area contributed by atoms with Crippen molar-refractivity contribution in [1.82, 2.24) is 0 Å². The number of phenolic OH excluding ortho intramolecular Hbond substituents is 1. The van der Waals surface area contributed by atoms with E-state index in [2.05, 4.69) is 34.6 Å². The Labute approximate surface area is 121 Å². The maximum Gasteiger partial charge on any atom is 0.140 e. The van der Waals surface area contributed by atoms with Crippen LogP contribution in [-0.2, 0) is 4.74 Å². The van der Waals surface area contributed by atoms with Crippen LogP contribution in [0.25, 0.3) is 0 Å². The molecule has 0 aromatic heterocycles. The van der Waals surface area contributed by atoms with E-state index < -0.39 is 0 Å². The number of benzene rings is 1. The van der Waals surface area contributed by atoms with Gasteiger partial charge in [0.25, 0.3) is 0 Å². The number of phenols is 1.